The summed E-state index contributed by atoms with van der Waals surface area (Å²) in [4.78, 5) is 0.758. The molecule has 0 aliphatic rings. The Bertz CT molecular complexity index is 856. The summed E-state index contributed by atoms with van der Waals surface area (Å²) < 4.78 is 28.5. The molecule has 0 unspecified atom stereocenters. The molecule has 0 atom stereocenters. The molecule has 3 rings (SSSR count). The Hall–Kier alpha value is -1.71. The van der Waals surface area contributed by atoms with E-state index in [1.807, 2.05) is 18.2 Å². The lowest BCUT2D eigenvalue weighted by Crippen LogP contribution is -2.04. The van der Waals surface area contributed by atoms with Crippen LogP contribution in [0.5, 0.6) is 0 Å². The molecule has 2 aromatic heterocycles. The summed E-state index contributed by atoms with van der Waals surface area (Å²) in [5, 5.41) is 12.2. The van der Waals surface area contributed by atoms with Crippen molar-refractivity contribution in [3.05, 3.63) is 41.6 Å². The van der Waals surface area contributed by atoms with Gasteiger partial charge in [0.05, 0.1) is 11.4 Å². The fourth-order valence-electron chi connectivity index (χ4n) is 1.71. The lowest BCUT2D eigenvalue weighted by molar-refractivity contribution is 0.593. The van der Waals surface area contributed by atoms with Gasteiger partial charge in [-0.2, -0.15) is 0 Å². The minimum atomic E-state index is -3.49. The zero-order chi connectivity index (χ0) is 14.9. The molecule has 2 heterocycles. The van der Waals surface area contributed by atoms with Gasteiger partial charge in [-0.3, -0.25) is 0 Å². The van der Waals surface area contributed by atoms with Gasteiger partial charge in [0, 0.05) is 0 Å². The topological polar surface area (TPSA) is 85.7 Å². The second-order valence-corrected chi connectivity index (χ2v) is 8.20. The molecule has 6 nitrogen and oxygen atoms in total. The number of benzene rings is 1. The average Bonchev–Trinajstić information content (AvgIpc) is 3.08. The fourth-order valence-corrected chi connectivity index (χ4v) is 4.89. The van der Waals surface area contributed by atoms with Crippen molar-refractivity contribution in [1.29, 1.82) is 0 Å². The van der Waals surface area contributed by atoms with Crippen molar-refractivity contribution in [3.8, 4) is 9.88 Å². The first kappa shape index (κ1) is 14.2. The van der Waals surface area contributed by atoms with Crippen LogP contribution in [-0.4, -0.2) is 28.2 Å². The molecule has 108 valence electrons. The normalized spacial score (nSPS) is 11.7. The Morgan fingerprint density at radius 2 is 1.86 bits per heavy atom. The molecule has 1 aromatic carbocycles. The van der Waals surface area contributed by atoms with Crippen molar-refractivity contribution in [2.24, 2.45) is 0 Å². The second-order valence-electron chi connectivity index (χ2n) is 4.31. The van der Waals surface area contributed by atoms with Crippen molar-refractivity contribution in [1.82, 2.24) is 19.8 Å². The second kappa shape index (κ2) is 5.58. The predicted molar refractivity (Wildman–Crippen MR) is 80.9 cm³/mol. The number of hydrogen-bond donors (Lipinski definition) is 0. The zero-order valence-corrected chi connectivity index (χ0v) is 13.4. The minimum Gasteiger partial charge on any atom is -0.221 e. The highest BCUT2D eigenvalue weighted by Gasteiger charge is 2.22. The standard InChI is InChI=1S/C12H10N4O2S3/c1-8-10(20-16-13-8)11-14-15-12(19-11)21(17,18)7-9-5-3-2-4-6-9/h2-6H,7H2,1H3. The van der Waals surface area contributed by atoms with E-state index in [9.17, 15) is 8.42 Å². The van der Waals surface area contributed by atoms with Crippen molar-refractivity contribution in [3.63, 3.8) is 0 Å². The molecule has 0 spiro atoms. The maximum atomic E-state index is 12.3. The quantitative estimate of drug-likeness (QED) is 0.726. The van der Waals surface area contributed by atoms with Crippen LogP contribution in [0, 0.1) is 6.92 Å². The lowest BCUT2D eigenvalue weighted by atomic mass is 10.2. The first-order valence-electron chi connectivity index (χ1n) is 5.96. The first-order valence-corrected chi connectivity index (χ1v) is 9.20. The Kier molecular flexibility index (Phi) is 3.79. The van der Waals surface area contributed by atoms with Crippen LogP contribution in [0.25, 0.3) is 9.88 Å². The van der Waals surface area contributed by atoms with E-state index in [4.69, 9.17) is 0 Å². The number of hydrogen-bond acceptors (Lipinski definition) is 8. The summed E-state index contributed by atoms with van der Waals surface area (Å²) in [6.45, 7) is 1.80. The smallest absolute Gasteiger partial charge is 0.221 e. The van der Waals surface area contributed by atoms with Crippen LogP contribution in [0.3, 0.4) is 0 Å². The SMILES string of the molecule is Cc1nnsc1-c1nnc(S(=O)(=O)Cc2ccccc2)s1. The van der Waals surface area contributed by atoms with E-state index in [1.165, 1.54) is 11.5 Å². The number of nitrogens with zero attached hydrogens (tertiary/aromatic N) is 4. The Morgan fingerprint density at radius 3 is 2.52 bits per heavy atom. The predicted octanol–water partition coefficient (Wildman–Crippen LogP) is 2.34. The number of rotatable bonds is 4. The molecule has 0 bridgehead atoms. The van der Waals surface area contributed by atoms with E-state index in [-0.39, 0.29) is 10.1 Å². The number of aromatic nitrogens is 4. The molecular weight excluding hydrogens is 328 g/mol. The zero-order valence-electron chi connectivity index (χ0n) is 10.9. The summed E-state index contributed by atoms with van der Waals surface area (Å²) in [5.74, 6) is -0.0810. The van der Waals surface area contributed by atoms with Gasteiger partial charge in [0.1, 0.15) is 4.88 Å². The van der Waals surface area contributed by atoms with Crippen molar-refractivity contribution in [2.45, 2.75) is 17.0 Å². The van der Waals surface area contributed by atoms with Crippen LogP contribution < -0.4 is 0 Å². The Labute approximate surface area is 129 Å². The van der Waals surface area contributed by atoms with Crippen LogP contribution in [0.1, 0.15) is 11.3 Å². The van der Waals surface area contributed by atoms with E-state index >= 15 is 0 Å². The maximum absolute atomic E-state index is 12.3. The van der Waals surface area contributed by atoms with Crippen LogP contribution in [0.15, 0.2) is 34.7 Å². The van der Waals surface area contributed by atoms with Crippen molar-refractivity contribution >= 4 is 32.7 Å². The van der Waals surface area contributed by atoms with Crippen LogP contribution in [-0.2, 0) is 15.6 Å². The van der Waals surface area contributed by atoms with Gasteiger partial charge in [0.15, 0.2) is 5.01 Å². The highest BCUT2D eigenvalue weighted by Crippen LogP contribution is 2.31. The molecule has 0 aliphatic heterocycles. The molecule has 21 heavy (non-hydrogen) atoms. The van der Waals surface area contributed by atoms with E-state index in [2.05, 4.69) is 19.8 Å². The molecule has 0 N–H and O–H groups in total. The molecule has 0 saturated heterocycles. The summed E-state index contributed by atoms with van der Waals surface area (Å²) in [6, 6.07) is 9.01. The first-order chi connectivity index (χ1) is 10.1. The van der Waals surface area contributed by atoms with Crippen molar-refractivity contribution in [2.75, 3.05) is 0 Å². The number of aryl methyl sites for hydroxylation is 1. The summed E-state index contributed by atoms with van der Waals surface area (Å²) in [5.41, 5.74) is 1.45. The van der Waals surface area contributed by atoms with Gasteiger partial charge >= 0.3 is 0 Å². The molecule has 0 amide bonds. The average molecular weight is 338 g/mol. The molecule has 9 heteroatoms. The van der Waals surface area contributed by atoms with Crippen LogP contribution in [0.2, 0.25) is 0 Å². The van der Waals surface area contributed by atoms with Gasteiger partial charge in [-0.1, -0.05) is 46.2 Å². The summed E-state index contributed by atoms with van der Waals surface area (Å²) in [7, 11) is -3.49. The van der Waals surface area contributed by atoms with Gasteiger partial charge in [-0.25, -0.2) is 8.42 Å². The van der Waals surface area contributed by atoms with E-state index in [1.54, 1.807) is 19.1 Å². The molecule has 0 aliphatic carbocycles. The molecule has 0 fully saturated rings. The highest BCUT2D eigenvalue weighted by molar-refractivity contribution is 7.92. The van der Waals surface area contributed by atoms with Crippen LogP contribution in [0.4, 0.5) is 0 Å². The minimum absolute atomic E-state index is 0.0224. The monoisotopic (exact) mass is 338 g/mol. The summed E-state index contributed by atoms with van der Waals surface area (Å²) >= 11 is 2.23. The van der Waals surface area contributed by atoms with E-state index in [0.717, 1.165) is 27.5 Å². The molecule has 0 saturated carbocycles. The highest BCUT2D eigenvalue weighted by atomic mass is 32.2. The molecule has 0 radical (unpaired) electrons. The van der Waals surface area contributed by atoms with Gasteiger partial charge in [0.25, 0.3) is 0 Å². The third kappa shape index (κ3) is 2.99. The van der Waals surface area contributed by atoms with Gasteiger partial charge in [-0.05, 0) is 24.0 Å². The van der Waals surface area contributed by atoms with E-state index < -0.39 is 9.84 Å². The lowest BCUT2D eigenvalue weighted by Gasteiger charge is -1.99. The van der Waals surface area contributed by atoms with Gasteiger partial charge in [0.2, 0.25) is 14.2 Å². The fraction of sp³-hybridized carbons (Fsp3) is 0.167. The third-order valence-electron chi connectivity index (χ3n) is 2.72. The van der Waals surface area contributed by atoms with Gasteiger partial charge in [-0.15, -0.1) is 15.3 Å². The summed E-state index contributed by atoms with van der Waals surface area (Å²) in [6.07, 6.45) is 0. The Balaban J connectivity index is 1.91. The Morgan fingerprint density at radius 1 is 1.10 bits per heavy atom. The van der Waals surface area contributed by atoms with E-state index in [0.29, 0.717) is 5.01 Å². The van der Waals surface area contributed by atoms with Gasteiger partial charge < -0.3 is 0 Å². The van der Waals surface area contributed by atoms with Crippen LogP contribution >= 0.6 is 22.9 Å². The molecular formula is C12H10N4O2S3. The van der Waals surface area contributed by atoms with Crippen molar-refractivity contribution < 1.29 is 8.42 Å². The number of sulfone groups is 1. The largest absolute Gasteiger partial charge is 0.233 e. The third-order valence-corrected chi connectivity index (χ3v) is 6.76. The molecule has 3 aromatic rings. The maximum Gasteiger partial charge on any atom is 0.233 e.